The Kier molecular flexibility index (Phi) is 9.71. The second-order valence-electron chi connectivity index (χ2n) is 8.65. The quantitative estimate of drug-likeness (QED) is 0.194. The Labute approximate surface area is 233 Å². The van der Waals surface area contributed by atoms with Crippen LogP contribution in [0, 0.1) is 5.82 Å². The number of urea groups is 1. The van der Waals surface area contributed by atoms with Crippen LogP contribution in [0.3, 0.4) is 0 Å². The second-order valence-corrected chi connectivity index (χ2v) is 10.4. The molecule has 0 saturated heterocycles. The van der Waals surface area contributed by atoms with Gasteiger partial charge in [0.1, 0.15) is 23.1 Å². The first-order valence-electron chi connectivity index (χ1n) is 12.7. The number of hydrogen-bond donors (Lipinski definition) is 2. The van der Waals surface area contributed by atoms with Crippen LogP contribution in [0.1, 0.15) is 13.3 Å². The Hall–Kier alpha value is -4.41. The molecule has 4 rings (SSSR count). The van der Waals surface area contributed by atoms with Crippen molar-refractivity contribution in [1.82, 2.24) is 4.72 Å². The first-order valence-corrected chi connectivity index (χ1v) is 14.2. The molecule has 0 aliphatic carbocycles. The predicted molar refractivity (Wildman–Crippen MR) is 153 cm³/mol. The third kappa shape index (κ3) is 8.05. The summed E-state index contributed by atoms with van der Waals surface area (Å²) in [5, 5.41) is 2.88. The zero-order valence-corrected chi connectivity index (χ0v) is 22.7. The Bertz CT molecular complexity index is 1480. The fraction of sp³-hybridized carbons (Fsp3) is 0.167. The SMILES string of the molecule is CCOc1ccc(NC(=O)N(CCCNS(=O)(=O)c2ccc(F)cc2)c2ccc(Oc3ccccc3)cc2)cc1. The van der Waals surface area contributed by atoms with E-state index in [0.717, 1.165) is 12.1 Å². The lowest BCUT2D eigenvalue weighted by Crippen LogP contribution is -2.37. The Morgan fingerprint density at radius 3 is 2.10 bits per heavy atom. The molecule has 2 amide bonds. The van der Waals surface area contributed by atoms with Gasteiger partial charge in [0.25, 0.3) is 0 Å². The molecule has 4 aromatic carbocycles. The van der Waals surface area contributed by atoms with E-state index in [9.17, 15) is 17.6 Å². The third-order valence-corrected chi connectivity index (χ3v) is 7.24. The van der Waals surface area contributed by atoms with Gasteiger partial charge in [-0.05, 0) is 98.3 Å². The number of sulfonamides is 1. The monoisotopic (exact) mass is 563 g/mol. The number of benzene rings is 4. The number of nitrogens with one attached hydrogen (secondary N) is 2. The molecule has 0 spiro atoms. The van der Waals surface area contributed by atoms with Gasteiger partial charge >= 0.3 is 6.03 Å². The second kappa shape index (κ2) is 13.6. The number of halogens is 1. The highest BCUT2D eigenvalue weighted by molar-refractivity contribution is 7.89. The molecule has 0 aliphatic heterocycles. The summed E-state index contributed by atoms with van der Waals surface area (Å²) in [5.74, 6) is 1.47. The summed E-state index contributed by atoms with van der Waals surface area (Å²) in [6, 6.07) is 27.6. The maximum Gasteiger partial charge on any atom is 0.326 e. The van der Waals surface area contributed by atoms with E-state index in [4.69, 9.17) is 9.47 Å². The predicted octanol–water partition coefficient (Wildman–Crippen LogP) is 6.42. The maximum atomic E-state index is 13.3. The summed E-state index contributed by atoms with van der Waals surface area (Å²) in [7, 11) is -3.82. The van der Waals surface area contributed by atoms with Crippen molar-refractivity contribution in [2.75, 3.05) is 29.9 Å². The number of amides is 2. The molecule has 0 heterocycles. The molecular weight excluding hydrogens is 533 g/mol. The average molecular weight is 564 g/mol. The van der Waals surface area contributed by atoms with Crippen LogP contribution in [-0.2, 0) is 10.0 Å². The number of para-hydroxylation sites is 1. The van der Waals surface area contributed by atoms with Crippen molar-refractivity contribution in [1.29, 1.82) is 0 Å². The van der Waals surface area contributed by atoms with Crippen molar-refractivity contribution in [3.8, 4) is 17.2 Å². The largest absolute Gasteiger partial charge is 0.494 e. The van der Waals surface area contributed by atoms with Crippen molar-refractivity contribution in [2.24, 2.45) is 0 Å². The number of ether oxygens (including phenoxy) is 2. The molecule has 8 nitrogen and oxygen atoms in total. The zero-order chi connectivity index (χ0) is 28.4. The van der Waals surface area contributed by atoms with Gasteiger partial charge in [-0.1, -0.05) is 18.2 Å². The normalized spacial score (nSPS) is 11.1. The van der Waals surface area contributed by atoms with E-state index in [-0.39, 0.29) is 24.0 Å². The number of hydrogen-bond acceptors (Lipinski definition) is 5. The van der Waals surface area contributed by atoms with Crippen molar-refractivity contribution in [2.45, 2.75) is 18.2 Å². The molecule has 0 aliphatic rings. The van der Waals surface area contributed by atoms with E-state index in [1.807, 2.05) is 37.3 Å². The first-order chi connectivity index (χ1) is 19.3. The van der Waals surface area contributed by atoms with Gasteiger partial charge in [-0.15, -0.1) is 0 Å². The van der Waals surface area contributed by atoms with Gasteiger partial charge in [0, 0.05) is 24.5 Å². The van der Waals surface area contributed by atoms with E-state index < -0.39 is 15.8 Å². The highest BCUT2D eigenvalue weighted by atomic mass is 32.2. The van der Waals surface area contributed by atoms with E-state index >= 15 is 0 Å². The molecule has 40 heavy (non-hydrogen) atoms. The van der Waals surface area contributed by atoms with E-state index in [1.54, 1.807) is 48.5 Å². The highest BCUT2D eigenvalue weighted by Gasteiger charge is 2.18. The number of rotatable bonds is 12. The number of carbonyl (C=O) groups excluding carboxylic acids is 1. The van der Waals surface area contributed by atoms with Gasteiger partial charge in [-0.2, -0.15) is 0 Å². The molecular formula is C30H30FN3O5S. The molecule has 0 unspecified atom stereocenters. The van der Waals surface area contributed by atoms with Gasteiger partial charge in [0.05, 0.1) is 11.5 Å². The molecule has 0 radical (unpaired) electrons. The Morgan fingerprint density at radius 2 is 1.45 bits per heavy atom. The van der Waals surface area contributed by atoms with Crippen LogP contribution < -0.4 is 24.4 Å². The molecule has 0 saturated carbocycles. The van der Waals surface area contributed by atoms with Gasteiger partial charge in [0.2, 0.25) is 10.0 Å². The average Bonchev–Trinajstić information content (AvgIpc) is 2.95. The molecule has 0 bridgehead atoms. The van der Waals surface area contributed by atoms with E-state index in [0.29, 0.717) is 41.7 Å². The van der Waals surface area contributed by atoms with Crippen LogP contribution in [0.5, 0.6) is 17.2 Å². The highest BCUT2D eigenvalue weighted by Crippen LogP contribution is 2.25. The van der Waals surface area contributed by atoms with Gasteiger partial charge in [-0.25, -0.2) is 22.3 Å². The first kappa shape index (κ1) is 28.6. The molecule has 0 fully saturated rings. The van der Waals surface area contributed by atoms with Crippen LogP contribution in [0.25, 0.3) is 0 Å². The van der Waals surface area contributed by atoms with Crippen LogP contribution in [0.15, 0.2) is 108 Å². The molecule has 0 aromatic heterocycles. The van der Waals surface area contributed by atoms with Crippen molar-refractivity contribution in [3.05, 3.63) is 109 Å². The summed E-state index contributed by atoms with van der Waals surface area (Å²) >= 11 is 0. The number of anilines is 2. The van der Waals surface area contributed by atoms with Gasteiger partial charge in [0.15, 0.2) is 0 Å². The lowest BCUT2D eigenvalue weighted by atomic mass is 10.2. The fourth-order valence-electron chi connectivity index (χ4n) is 3.80. The summed E-state index contributed by atoms with van der Waals surface area (Å²) in [6.45, 7) is 2.72. The zero-order valence-electron chi connectivity index (χ0n) is 21.9. The topological polar surface area (TPSA) is 97.0 Å². The minimum absolute atomic E-state index is 0.0343. The van der Waals surface area contributed by atoms with Crippen LogP contribution in [-0.4, -0.2) is 34.1 Å². The minimum Gasteiger partial charge on any atom is -0.494 e. The number of carbonyl (C=O) groups is 1. The summed E-state index contributed by atoms with van der Waals surface area (Å²) in [6.07, 6.45) is 0.319. The fourth-order valence-corrected chi connectivity index (χ4v) is 4.87. The summed E-state index contributed by atoms with van der Waals surface area (Å²) < 4.78 is 52.1. The Balaban J connectivity index is 1.44. The maximum absolute atomic E-state index is 13.3. The lowest BCUT2D eigenvalue weighted by molar-refractivity contribution is 0.257. The molecule has 4 aromatic rings. The van der Waals surface area contributed by atoms with Crippen LogP contribution in [0.4, 0.5) is 20.6 Å². The van der Waals surface area contributed by atoms with Crippen molar-refractivity contribution >= 4 is 27.4 Å². The smallest absolute Gasteiger partial charge is 0.326 e. The lowest BCUT2D eigenvalue weighted by Gasteiger charge is -2.24. The van der Waals surface area contributed by atoms with Crippen molar-refractivity contribution in [3.63, 3.8) is 0 Å². The molecule has 10 heteroatoms. The van der Waals surface area contributed by atoms with Crippen molar-refractivity contribution < 1.29 is 27.1 Å². The molecule has 208 valence electrons. The standard InChI is InChI=1S/C30H30FN3O5S/c1-2-38-26-15-11-24(12-16-26)33-30(35)34(22-6-21-32-40(36,37)29-19-9-23(31)10-20-29)25-13-17-28(18-14-25)39-27-7-4-3-5-8-27/h3-5,7-20,32H,2,6,21-22H2,1H3,(H,33,35). The number of nitrogens with zero attached hydrogens (tertiary/aromatic N) is 1. The summed E-state index contributed by atoms with van der Waals surface area (Å²) in [4.78, 5) is 14.8. The van der Waals surface area contributed by atoms with E-state index in [1.165, 1.54) is 17.0 Å². The van der Waals surface area contributed by atoms with Crippen LogP contribution >= 0.6 is 0 Å². The van der Waals surface area contributed by atoms with E-state index in [2.05, 4.69) is 10.0 Å². The summed E-state index contributed by atoms with van der Waals surface area (Å²) in [5.41, 5.74) is 1.18. The molecule has 2 N–H and O–H groups in total. The third-order valence-electron chi connectivity index (χ3n) is 5.76. The van der Waals surface area contributed by atoms with Gasteiger partial charge < -0.3 is 14.8 Å². The Morgan fingerprint density at radius 1 is 0.825 bits per heavy atom. The minimum atomic E-state index is -3.82. The van der Waals surface area contributed by atoms with Crippen LogP contribution in [0.2, 0.25) is 0 Å². The molecule has 0 atom stereocenters. The van der Waals surface area contributed by atoms with Gasteiger partial charge in [-0.3, -0.25) is 4.90 Å².